The molecule has 0 amide bonds. The van der Waals surface area contributed by atoms with Crippen LogP contribution in [-0.2, 0) is 12.8 Å². The van der Waals surface area contributed by atoms with Gasteiger partial charge in [0, 0.05) is 18.4 Å². The van der Waals surface area contributed by atoms with Gasteiger partial charge in [0.1, 0.15) is 0 Å². The maximum atomic E-state index is 2.31. The van der Waals surface area contributed by atoms with E-state index < -0.39 is 0 Å². The van der Waals surface area contributed by atoms with Gasteiger partial charge in [-0.15, -0.1) is 0 Å². The Labute approximate surface area is 145 Å². The third-order valence-corrected chi connectivity index (χ3v) is 4.63. The molecule has 0 aliphatic rings. The minimum absolute atomic E-state index is 1.05. The lowest BCUT2D eigenvalue weighted by molar-refractivity contribution is 0.951. The molecule has 122 valence electrons. The number of para-hydroxylation sites is 2. The normalized spacial score (nSPS) is 10.6. The highest BCUT2D eigenvalue weighted by molar-refractivity contribution is 5.68. The smallest absolute Gasteiger partial charge is 0.0440 e. The van der Waals surface area contributed by atoms with Gasteiger partial charge in [0.25, 0.3) is 0 Å². The first-order chi connectivity index (χ1) is 11.6. The van der Waals surface area contributed by atoms with Crippen molar-refractivity contribution in [3.63, 3.8) is 0 Å². The average molecular weight is 315 g/mol. The molecule has 0 bridgehead atoms. The summed E-state index contributed by atoms with van der Waals surface area (Å²) in [4.78, 5) is 2.31. The van der Waals surface area contributed by atoms with Crippen LogP contribution < -0.4 is 4.90 Å². The number of hydrogen-bond acceptors (Lipinski definition) is 1. The zero-order chi connectivity index (χ0) is 16.9. The summed E-state index contributed by atoms with van der Waals surface area (Å²) >= 11 is 0. The summed E-state index contributed by atoms with van der Waals surface area (Å²) in [7, 11) is 2.16. The van der Waals surface area contributed by atoms with E-state index in [1.165, 1.54) is 33.6 Å². The van der Waals surface area contributed by atoms with Crippen LogP contribution >= 0.6 is 0 Å². The minimum atomic E-state index is 1.05. The predicted molar refractivity (Wildman–Crippen MR) is 104 cm³/mol. The Bertz CT molecular complexity index is 802. The number of nitrogens with zero attached hydrogens (tertiary/aromatic N) is 1. The Morgan fingerprint density at radius 2 is 1.29 bits per heavy atom. The number of rotatable bonds is 5. The second kappa shape index (κ2) is 7.35. The van der Waals surface area contributed by atoms with E-state index in [4.69, 9.17) is 0 Å². The molecule has 0 heterocycles. The van der Waals surface area contributed by atoms with E-state index >= 15 is 0 Å². The summed E-state index contributed by atoms with van der Waals surface area (Å²) < 4.78 is 0. The van der Waals surface area contributed by atoms with E-state index in [-0.39, 0.29) is 0 Å². The van der Waals surface area contributed by atoms with Crippen LogP contribution in [0, 0.1) is 13.8 Å². The maximum absolute atomic E-state index is 2.31. The Kier molecular flexibility index (Phi) is 5.00. The van der Waals surface area contributed by atoms with Crippen molar-refractivity contribution in [2.45, 2.75) is 26.7 Å². The van der Waals surface area contributed by atoms with Crippen LogP contribution in [-0.4, -0.2) is 7.05 Å². The number of aryl methyl sites for hydroxylation is 4. The quantitative estimate of drug-likeness (QED) is 0.570. The monoisotopic (exact) mass is 315 g/mol. The van der Waals surface area contributed by atoms with Gasteiger partial charge in [-0.2, -0.15) is 0 Å². The molecule has 0 aromatic heterocycles. The molecule has 0 saturated carbocycles. The number of anilines is 2. The lowest BCUT2D eigenvalue weighted by Gasteiger charge is -2.24. The topological polar surface area (TPSA) is 3.24 Å². The largest absolute Gasteiger partial charge is 0.344 e. The molecule has 0 radical (unpaired) electrons. The molecule has 0 aliphatic carbocycles. The molecule has 0 spiro atoms. The molecule has 0 unspecified atom stereocenters. The summed E-state index contributed by atoms with van der Waals surface area (Å²) in [5.41, 5.74) is 7.96. The van der Waals surface area contributed by atoms with Crippen molar-refractivity contribution in [2.24, 2.45) is 0 Å². The van der Waals surface area contributed by atoms with Gasteiger partial charge in [-0.25, -0.2) is 0 Å². The van der Waals surface area contributed by atoms with E-state index in [9.17, 15) is 0 Å². The fraction of sp³-hybridized carbons (Fsp3) is 0.217. The van der Waals surface area contributed by atoms with Crippen LogP contribution in [0.25, 0.3) is 0 Å². The zero-order valence-electron chi connectivity index (χ0n) is 14.8. The molecule has 3 aromatic rings. The van der Waals surface area contributed by atoms with Gasteiger partial charge >= 0.3 is 0 Å². The van der Waals surface area contributed by atoms with Gasteiger partial charge in [-0.1, -0.05) is 66.2 Å². The van der Waals surface area contributed by atoms with Crippen LogP contribution in [0.3, 0.4) is 0 Å². The SMILES string of the molecule is Cc1ccc(CCc2ccccc2N(C)c2ccccc2C)cc1. The first-order valence-corrected chi connectivity index (χ1v) is 8.58. The molecule has 0 saturated heterocycles. The van der Waals surface area contributed by atoms with Gasteiger partial charge in [0.2, 0.25) is 0 Å². The highest BCUT2D eigenvalue weighted by Gasteiger charge is 2.10. The second-order valence-electron chi connectivity index (χ2n) is 6.46. The Morgan fingerprint density at radius 1 is 0.667 bits per heavy atom. The van der Waals surface area contributed by atoms with E-state index in [1.807, 2.05) is 0 Å². The second-order valence-corrected chi connectivity index (χ2v) is 6.46. The maximum Gasteiger partial charge on any atom is 0.0440 e. The van der Waals surface area contributed by atoms with E-state index in [0.717, 1.165) is 12.8 Å². The molecular weight excluding hydrogens is 290 g/mol. The Balaban J connectivity index is 1.82. The molecule has 0 atom stereocenters. The van der Waals surface area contributed by atoms with Crippen molar-refractivity contribution in [3.05, 3.63) is 95.1 Å². The van der Waals surface area contributed by atoms with Crippen LogP contribution in [0.1, 0.15) is 22.3 Å². The predicted octanol–water partition coefficient (Wildman–Crippen LogP) is 5.86. The lowest BCUT2D eigenvalue weighted by Crippen LogP contribution is -2.13. The third kappa shape index (κ3) is 3.68. The van der Waals surface area contributed by atoms with Crippen molar-refractivity contribution in [1.29, 1.82) is 0 Å². The van der Waals surface area contributed by atoms with E-state index in [0.29, 0.717) is 0 Å². The summed E-state index contributed by atoms with van der Waals surface area (Å²) in [6.07, 6.45) is 2.12. The molecular formula is C23H25N. The summed E-state index contributed by atoms with van der Waals surface area (Å²) in [6, 6.07) is 26.2. The Hall–Kier alpha value is -2.54. The lowest BCUT2D eigenvalue weighted by atomic mass is 10.0. The number of benzene rings is 3. The molecule has 3 aromatic carbocycles. The first kappa shape index (κ1) is 16.3. The molecule has 24 heavy (non-hydrogen) atoms. The zero-order valence-corrected chi connectivity index (χ0v) is 14.8. The fourth-order valence-electron chi connectivity index (χ4n) is 3.15. The third-order valence-electron chi connectivity index (χ3n) is 4.63. The van der Waals surface area contributed by atoms with Gasteiger partial charge in [-0.3, -0.25) is 0 Å². The van der Waals surface area contributed by atoms with Crippen molar-refractivity contribution >= 4 is 11.4 Å². The van der Waals surface area contributed by atoms with Crippen molar-refractivity contribution in [3.8, 4) is 0 Å². The molecule has 0 N–H and O–H groups in total. The van der Waals surface area contributed by atoms with Crippen LogP contribution in [0.4, 0.5) is 11.4 Å². The first-order valence-electron chi connectivity index (χ1n) is 8.58. The molecule has 0 fully saturated rings. The van der Waals surface area contributed by atoms with Gasteiger partial charge in [-0.05, 0) is 55.5 Å². The highest BCUT2D eigenvalue weighted by Crippen LogP contribution is 2.30. The standard InChI is InChI=1S/C23H25N/c1-18-12-14-20(15-13-18)16-17-21-9-5-7-11-23(21)24(3)22-10-6-4-8-19(22)2/h4-15H,16-17H2,1-3H3. The van der Waals surface area contributed by atoms with Crippen LogP contribution in [0.2, 0.25) is 0 Å². The molecule has 0 aliphatic heterocycles. The van der Waals surface area contributed by atoms with Crippen LogP contribution in [0.5, 0.6) is 0 Å². The van der Waals surface area contributed by atoms with Gasteiger partial charge in [0.05, 0.1) is 0 Å². The number of hydrogen-bond donors (Lipinski definition) is 0. The summed E-state index contributed by atoms with van der Waals surface area (Å²) in [6.45, 7) is 4.30. The van der Waals surface area contributed by atoms with E-state index in [1.54, 1.807) is 0 Å². The molecule has 1 nitrogen and oxygen atoms in total. The van der Waals surface area contributed by atoms with Crippen molar-refractivity contribution in [1.82, 2.24) is 0 Å². The Morgan fingerprint density at radius 3 is 2.00 bits per heavy atom. The minimum Gasteiger partial charge on any atom is -0.344 e. The average Bonchev–Trinajstić information content (AvgIpc) is 2.61. The van der Waals surface area contributed by atoms with Gasteiger partial charge in [0.15, 0.2) is 0 Å². The van der Waals surface area contributed by atoms with Crippen molar-refractivity contribution < 1.29 is 0 Å². The van der Waals surface area contributed by atoms with E-state index in [2.05, 4.69) is 98.6 Å². The molecule has 1 heteroatoms. The summed E-state index contributed by atoms with van der Waals surface area (Å²) in [5, 5.41) is 0. The molecule has 3 rings (SSSR count). The van der Waals surface area contributed by atoms with Crippen molar-refractivity contribution in [2.75, 3.05) is 11.9 Å². The summed E-state index contributed by atoms with van der Waals surface area (Å²) in [5.74, 6) is 0. The highest BCUT2D eigenvalue weighted by atomic mass is 15.1. The van der Waals surface area contributed by atoms with Crippen LogP contribution in [0.15, 0.2) is 72.8 Å². The van der Waals surface area contributed by atoms with Gasteiger partial charge < -0.3 is 4.90 Å². The fourth-order valence-corrected chi connectivity index (χ4v) is 3.15.